The fourth-order valence-electron chi connectivity index (χ4n) is 1.14. The number of anilines is 1. The third-order valence-electron chi connectivity index (χ3n) is 1.67. The maximum Gasteiger partial charge on any atom is 0.222 e. The van der Waals surface area contributed by atoms with E-state index in [1.165, 1.54) is 6.92 Å². The van der Waals surface area contributed by atoms with Gasteiger partial charge in [-0.2, -0.15) is 0 Å². The molecule has 0 radical (unpaired) electrons. The van der Waals surface area contributed by atoms with Crippen LogP contribution in [0.3, 0.4) is 0 Å². The first kappa shape index (κ1) is 7.79. The molecule has 0 aliphatic heterocycles. The Morgan fingerprint density at radius 1 is 1.46 bits per heavy atom. The van der Waals surface area contributed by atoms with Gasteiger partial charge in [-0.25, -0.2) is 0 Å². The van der Waals surface area contributed by atoms with Crippen LogP contribution in [0.15, 0.2) is 28.8 Å². The molecule has 2 rings (SSSR count). The lowest BCUT2D eigenvalue weighted by Crippen LogP contribution is -2.05. The zero-order valence-electron chi connectivity index (χ0n) is 7.07. The summed E-state index contributed by atoms with van der Waals surface area (Å²) in [4.78, 5) is 10.8. The highest BCUT2D eigenvalue weighted by Gasteiger charge is 2.07. The summed E-state index contributed by atoms with van der Waals surface area (Å²) < 4.78 is 4.99. The molecule has 0 aliphatic rings. The monoisotopic (exact) mass is 176 g/mol. The average Bonchev–Trinajstić information content (AvgIpc) is 2.48. The van der Waals surface area contributed by atoms with Crippen LogP contribution in [0.5, 0.6) is 0 Å². The molecule has 1 heterocycles. The number of carbonyl (C=O) groups excluding carboxylic acids is 1. The molecule has 1 N–H and O–H groups in total. The van der Waals surface area contributed by atoms with Crippen molar-refractivity contribution in [2.45, 2.75) is 6.92 Å². The molecular weight excluding hydrogens is 168 g/mol. The van der Waals surface area contributed by atoms with Crippen molar-refractivity contribution in [3.63, 3.8) is 0 Å². The van der Waals surface area contributed by atoms with Gasteiger partial charge in [0.2, 0.25) is 5.91 Å². The molecule has 0 fully saturated rings. The van der Waals surface area contributed by atoms with E-state index >= 15 is 0 Å². The molecule has 1 aromatic heterocycles. The SMILES string of the molecule is CC(=O)Nc1noc2ccccc12. The van der Waals surface area contributed by atoms with Gasteiger partial charge in [-0.05, 0) is 12.1 Å². The number of benzene rings is 1. The van der Waals surface area contributed by atoms with E-state index in [-0.39, 0.29) is 5.91 Å². The fourth-order valence-corrected chi connectivity index (χ4v) is 1.14. The van der Waals surface area contributed by atoms with Crippen LogP contribution in [-0.4, -0.2) is 11.1 Å². The Balaban J connectivity index is 2.51. The first-order valence-electron chi connectivity index (χ1n) is 3.89. The number of para-hydroxylation sites is 1. The average molecular weight is 176 g/mol. The van der Waals surface area contributed by atoms with Gasteiger partial charge in [0, 0.05) is 6.92 Å². The smallest absolute Gasteiger partial charge is 0.222 e. The van der Waals surface area contributed by atoms with Crippen LogP contribution in [0.1, 0.15) is 6.92 Å². The van der Waals surface area contributed by atoms with Crippen LogP contribution < -0.4 is 5.32 Å². The largest absolute Gasteiger partial charge is 0.354 e. The van der Waals surface area contributed by atoms with Gasteiger partial charge in [-0.15, -0.1) is 0 Å². The molecule has 13 heavy (non-hydrogen) atoms. The van der Waals surface area contributed by atoms with E-state index in [9.17, 15) is 4.79 Å². The summed E-state index contributed by atoms with van der Waals surface area (Å²) in [6.07, 6.45) is 0. The number of fused-ring (bicyclic) bond motifs is 1. The lowest BCUT2D eigenvalue weighted by Gasteiger charge is -1.93. The molecule has 0 saturated carbocycles. The normalized spacial score (nSPS) is 10.2. The van der Waals surface area contributed by atoms with Gasteiger partial charge in [0.15, 0.2) is 11.4 Å². The minimum Gasteiger partial charge on any atom is -0.354 e. The molecule has 1 aromatic carbocycles. The number of amides is 1. The van der Waals surface area contributed by atoms with E-state index < -0.39 is 0 Å². The van der Waals surface area contributed by atoms with Crippen LogP contribution in [0.4, 0.5) is 5.82 Å². The molecule has 66 valence electrons. The van der Waals surface area contributed by atoms with Crippen molar-refractivity contribution in [3.8, 4) is 0 Å². The number of hydrogen-bond donors (Lipinski definition) is 1. The number of aromatic nitrogens is 1. The number of carbonyl (C=O) groups is 1. The van der Waals surface area contributed by atoms with Crippen molar-refractivity contribution in [1.82, 2.24) is 5.16 Å². The lowest BCUT2D eigenvalue weighted by atomic mass is 10.2. The molecule has 0 spiro atoms. The van der Waals surface area contributed by atoms with Crippen molar-refractivity contribution in [2.24, 2.45) is 0 Å². The predicted molar refractivity (Wildman–Crippen MR) is 48.3 cm³/mol. The first-order chi connectivity index (χ1) is 6.27. The van der Waals surface area contributed by atoms with Crippen LogP contribution in [-0.2, 0) is 4.79 Å². The standard InChI is InChI=1S/C9H8N2O2/c1-6(12)10-9-7-4-2-3-5-8(7)13-11-9/h2-5H,1H3,(H,10,11,12). The van der Waals surface area contributed by atoms with Crippen LogP contribution in [0.25, 0.3) is 11.0 Å². The third-order valence-corrected chi connectivity index (χ3v) is 1.67. The van der Waals surface area contributed by atoms with Crippen LogP contribution >= 0.6 is 0 Å². The van der Waals surface area contributed by atoms with E-state index in [0.29, 0.717) is 11.4 Å². The molecule has 0 aliphatic carbocycles. The van der Waals surface area contributed by atoms with Gasteiger partial charge in [0.1, 0.15) is 0 Å². The Labute approximate surface area is 74.5 Å². The predicted octanol–water partition coefficient (Wildman–Crippen LogP) is 1.79. The van der Waals surface area contributed by atoms with Crippen molar-refractivity contribution in [2.75, 3.05) is 5.32 Å². The van der Waals surface area contributed by atoms with Gasteiger partial charge in [-0.3, -0.25) is 4.79 Å². The molecule has 0 saturated heterocycles. The quantitative estimate of drug-likeness (QED) is 0.720. The van der Waals surface area contributed by atoms with Crippen molar-refractivity contribution in [3.05, 3.63) is 24.3 Å². The zero-order chi connectivity index (χ0) is 9.26. The van der Waals surface area contributed by atoms with E-state index in [4.69, 9.17) is 4.52 Å². The van der Waals surface area contributed by atoms with E-state index in [2.05, 4.69) is 10.5 Å². The summed E-state index contributed by atoms with van der Waals surface area (Å²) in [5.74, 6) is 0.321. The molecule has 4 heteroatoms. The minimum absolute atomic E-state index is 0.154. The Bertz CT molecular complexity index is 448. The minimum atomic E-state index is -0.154. The summed E-state index contributed by atoms with van der Waals surface area (Å²) in [5.41, 5.74) is 0.672. The van der Waals surface area contributed by atoms with Gasteiger partial charge >= 0.3 is 0 Å². The summed E-state index contributed by atoms with van der Waals surface area (Å²) in [6, 6.07) is 7.36. The Morgan fingerprint density at radius 3 is 3.00 bits per heavy atom. The summed E-state index contributed by atoms with van der Waals surface area (Å²) in [7, 11) is 0. The third kappa shape index (κ3) is 1.38. The molecule has 0 bridgehead atoms. The number of nitrogens with zero attached hydrogens (tertiary/aromatic N) is 1. The van der Waals surface area contributed by atoms with Crippen molar-refractivity contribution in [1.29, 1.82) is 0 Å². The van der Waals surface area contributed by atoms with Crippen LogP contribution in [0.2, 0.25) is 0 Å². The van der Waals surface area contributed by atoms with Crippen molar-refractivity contribution >= 4 is 22.7 Å². The maximum atomic E-state index is 10.8. The second-order valence-corrected chi connectivity index (χ2v) is 2.71. The summed E-state index contributed by atoms with van der Waals surface area (Å²) in [6.45, 7) is 1.43. The Morgan fingerprint density at radius 2 is 2.23 bits per heavy atom. The zero-order valence-corrected chi connectivity index (χ0v) is 7.07. The van der Waals surface area contributed by atoms with Gasteiger partial charge in [-0.1, -0.05) is 17.3 Å². The highest BCUT2D eigenvalue weighted by atomic mass is 16.5. The number of rotatable bonds is 1. The topological polar surface area (TPSA) is 55.1 Å². The van der Waals surface area contributed by atoms with Crippen LogP contribution in [0, 0.1) is 0 Å². The second kappa shape index (κ2) is 2.90. The lowest BCUT2D eigenvalue weighted by molar-refractivity contribution is -0.114. The molecule has 2 aromatic rings. The highest BCUT2D eigenvalue weighted by molar-refractivity contribution is 5.97. The summed E-state index contributed by atoms with van der Waals surface area (Å²) in [5, 5.41) is 7.13. The van der Waals surface area contributed by atoms with Gasteiger partial charge in [0.05, 0.1) is 5.39 Å². The molecular formula is C9H8N2O2. The van der Waals surface area contributed by atoms with E-state index in [1.54, 1.807) is 6.07 Å². The van der Waals surface area contributed by atoms with Gasteiger partial charge < -0.3 is 9.84 Å². The summed E-state index contributed by atoms with van der Waals surface area (Å²) >= 11 is 0. The molecule has 4 nitrogen and oxygen atoms in total. The first-order valence-corrected chi connectivity index (χ1v) is 3.89. The Kier molecular flexibility index (Phi) is 1.73. The van der Waals surface area contributed by atoms with Gasteiger partial charge in [0.25, 0.3) is 0 Å². The number of nitrogens with one attached hydrogen (secondary N) is 1. The van der Waals surface area contributed by atoms with E-state index in [1.807, 2.05) is 18.2 Å². The molecule has 0 unspecified atom stereocenters. The van der Waals surface area contributed by atoms with E-state index in [0.717, 1.165) is 5.39 Å². The second-order valence-electron chi connectivity index (χ2n) is 2.71. The fraction of sp³-hybridized carbons (Fsp3) is 0.111. The highest BCUT2D eigenvalue weighted by Crippen LogP contribution is 2.21. The van der Waals surface area contributed by atoms with Crippen molar-refractivity contribution < 1.29 is 9.32 Å². The molecule has 0 atom stereocenters. The number of hydrogen-bond acceptors (Lipinski definition) is 3. The Hall–Kier alpha value is -1.84. The molecule has 1 amide bonds. The maximum absolute atomic E-state index is 10.8.